The molecule has 1 fully saturated rings. The fourth-order valence-electron chi connectivity index (χ4n) is 3.83. The van der Waals surface area contributed by atoms with Crippen LogP contribution in [0.1, 0.15) is 43.0 Å². The van der Waals surface area contributed by atoms with Crippen molar-refractivity contribution in [2.24, 2.45) is 5.92 Å². The van der Waals surface area contributed by atoms with Crippen LogP contribution >= 0.6 is 11.6 Å². The van der Waals surface area contributed by atoms with Crippen LogP contribution in [0.25, 0.3) is 10.9 Å². The number of urea groups is 1. The van der Waals surface area contributed by atoms with Crippen molar-refractivity contribution in [3.63, 3.8) is 0 Å². The molecule has 1 N–H and O–H groups in total. The number of pyridine rings is 1. The molecule has 9 heteroatoms. The van der Waals surface area contributed by atoms with E-state index in [0.717, 1.165) is 0 Å². The zero-order valence-electron chi connectivity index (χ0n) is 17.9. The highest BCUT2D eigenvalue weighted by molar-refractivity contribution is 6.37. The topological polar surface area (TPSA) is 65.5 Å². The smallest absolute Gasteiger partial charge is 0.325 e. The van der Waals surface area contributed by atoms with Crippen LogP contribution in [-0.4, -0.2) is 54.9 Å². The lowest BCUT2D eigenvalue weighted by Crippen LogP contribution is -2.39. The van der Waals surface area contributed by atoms with Gasteiger partial charge in [-0.05, 0) is 37.8 Å². The average Bonchev–Trinajstić information content (AvgIpc) is 2.72. The third-order valence-corrected chi connectivity index (χ3v) is 5.91. The number of alkyl halides is 2. The van der Waals surface area contributed by atoms with E-state index in [0.29, 0.717) is 53.2 Å². The van der Waals surface area contributed by atoms with Crippen molar-refractivity contribution in [1.29, 1.82) is 0 Å². The van der Waals surface area contributed by atoms with Crippen LogP contribution in [0.2, 0.25) is 5.02 Å². The Balaban J connectivity index is 1.82. The second kappa shape index (κ2) is 9.34. The lowest BCUT2D eigenvalue weighted by atomic mass is 9.87. The van der Waals surface area contributed by atoms with Crippen molar-refractivity contribution >= 4 is 40.3 Å². The molecule has 6 nitrogen and oxygen atoms in total. The van der Waals surface area contributed by atoms with Gasteiger partial charge in [-0.1, -0.05) is 17.7 Å². The van der Waals surface area contributed by atoms with Crippen molar-refractivity contribution in [3.05, 3.63) is 34.9 Å². The summed E-state index contributed by atoms with van der Waals surface area (Å²) in [6, 6.07) is 6.45. The number of hydrogen-bond donors (Lipinski definition) is 1. The zero-order valence-corrected chi connectivity index (χ0v) is 18.7. The van der Waals surface area contributed by atoms with Crippen LogP contribution in [-0.2, 0) is 0 Å². The van der Waals surface area contributed by atoms with Gasteiger partial charge < -0.3 is 10.2 Å². The molecule has 1 saturated carbocycles. The molecule has 168 valence electrons. The first-order chi connectivity index (χ1) is 14.6. The van der Waals surface area contributed by atoms with Gasteiger partial charge in [-0.15, -0.1) is 0 Å². The molecule has 3 rings (SSSR count). The molecular formula is C22H27ClF2N4O2. The molecule has 0 spiro atoms. The van der Waals surface area contributed by atoms with Gasteiger partial charge in [0.15, 0.2) is 0 Å². The molecule has 1 aliphatic rings. The van der Waals surface area contributed by atoms with Gasteiger partial charge in [0.25, 0.3) is 5.91 Å². The first-order valence-corrected chi connectivity index (χ1v) is 10.7. The van der Waals surface area contributed by atoms with Crippen molar-refractivity contribution in [2.45, 2.75) is 38.5 Å². The van der Waals surface area contributed by atoms with E-state index in [9.17, 15) is 18.4 Å². The highest BCUT2D eigenvalue weighted by Gasteiger charge is 2.34. The molecule has 0 saturated heterocycles. The summed E-state index contributed by atoms with van der Waals surface area (Å²) < 4.78 is 26.7. The van der Waals surface area contributed by atoms with Crippen LogP contribution in [0.3, 0.4) is 0 Å². The van der Waals surface area contributed by atoms with Crippen LogP contribution in [0.5, 0.6) is 0 Å². The minimum absolute atomic E-state index is 0.0360. The van der Waals surface area contributed by atoms with Crippen molar-refractivity contribution in [3.8, 4) is 0 Å². The van der Waals surface area contributed by atoms with E-state index in [-0.39, 0.29) is 30.7 Å². The summed E-state index contributed by atoms with van der Waals surface area (Å²) in [6.45, 7) is 2.59. The van der Waals surface area contributed by atoms with Gasteiger partial charge in [0.2, 0.25) is 5.92 Å². The number of hydrogen-bond acceptors (Lipinski definition) is 3. The summed E-state index contributed by atoms with van der Waals surface area (Å²) >= 11 is 6.52. The highest BCUT2D eigenvalue weighted by atomic mass is 35.5. The first-order valence-electron chi connectivity index (χ1n) is 10.4. The largest absolute Gasteiger partial charge is 0.352 e. The highest BCUT2D eigenvalue weighted by Crippen LogP contribution is 2.36. The molecule has 1 aromatic carbocycles. The van der Waals surface area contributed by atoms with E-state index < -0.39 is 5.92 Å². The summed E-state index contributed by atoms with van der Waals surface area (Å²) in [5, 5.41) is 3.66. The van der Waals surface area contributed by atoms with E-state index in [1.165, 1.54) is 9.80 Å². The Morgan fingerprint density at radius 1 is 1.26 bits per heavy atom. The Morgan fingerprint density at radius 3 is 2.55 bits per heavy atom. The van der Waals surface area contributed by atoms with Crippen LogP contribution in [0, 0.1) is 5.92 Å². The lowest BCUT2D eigenvalue weighted by Gasteiger charge is -2.28. The SMILES string of the molecule is CCN(C(=O)N(C)C)c1cc(Cl)c2c(C(=O)NCC3CCC(F)(F)CC3)cccc2n1. The maximum atomic E-state index is 13.3. The average molecular weight is 453 g/mol. The van der Waals surface area contributed by atoms with Crippen LogP contribution < -0.4 is 10.2 Å². The molecule has 31 heavy (non-hydrogen) atoms. The number of anilines is 1. The fraction of sp³-hybridized carbons (Fsp3) is 0.500. The fourth-order valence-corrected chi connectivity index (χ4v) is 4.12. The summed E-state index contributed by atoms with van der Waals surface area (Å²) in [6.07, 6.45) is 0.502. The number of rotatable bonds is 5. The molecule has 0 radical (unpaired) electrons. The van der Waals surface area contributed by atoms with E-state index in [1.807, 2.05) is 6.92 Å². The number of nitrogens with one attached hydrogen (secondary N) is 1. The standard InChI is InChI=1S/C22H27ClF2N4O2/c1-4-29(21(31)28(2)3)18-12-16(23)19-15(6-5-7-17(19)27-18)20(30)26-13-14-8-10-22(24,25)11-9-14/h5-7,12,14H,4,8-11,13H2,1-3H3,(H,26,30). The summed E-state index contributed by atoms with van der Waals surface area (Å²) in [4.78, 5) is 32.8. The normalized spacial score (nSPS) is 16.2. The molecule has 1 aromatic heterocycles. The number of nitrogens with zero attached hydrogens (tertiary/aromatic N) is 3. The molecule has 3 amide bonds. The maximum Gasteiger partial charge on any atom is 0.325 e. The van der Waals surface area contributed by atoms with E-state index in [2.05, 4.69) is 10.3 Å². The predicted octanol–water partition coefficient (Wildman–Crippen LogP) is 4.95. The molecular weight excluding hydrogens is 426 g/mol. The van der Waals surface area contributed by atoms with Gasteiger partial charge in [0.1, 0.15) is 5.82 Å². The van der Waals surface area contributed by atoms with Gasteiger partial charge in [0, 0.05) is 51.5 Å². The Hall–Kier alpha value is -2.48. The predicted molar refractivity (Wildman–Crippen MR) is 118 cm³/mol. The monoisotopic (exact) mass is 452 g/mol. The number of carbonyl (C=O) groups excluding carboxylic acids is 2. The number of halogens is 3. The van der Waals surface area contributed by atoms with Crippen LogP contribution in [0.4, 0.5) is 19.4 Å². The van der Waals surface area contributed by atoms with Gasteiger partial charge in [-0.3, -0.25) is 9.69 Å². The van der Waals surface area contributed by atoms with Gasteiger partial charge >= 0.3 is 6.03 Å². The first kappa shape index (κ1) is 23.2. The molecule has 1 heterocycles. The summed E-state index contributed by atoms with van der Waals surface area (Å²) in [5.41, 5.74) is 0.863. The quantitative estimate of drug-likeness (QED) is 0.697. The summed E-state index contributed by atoms with van der Waals surface area (Å²) in [5.74, 6) is -2.47. The molecule has 0 aliphatic heterocycles. The van der Waals surface area contributed by atoms with E-state index in [1.54, 1.807) is 38.4 Å². The molecule has 2 aromatic rings. The molecule has 0 atom stereocenters. The zero-order chi connectivity index (χ0) is 22.8. The third kappa shape index (κ3) is 5.23. The minimum atomic E-state index is -2.59. The lowest BCUT2D eigenvalue weighted by molar-refractivity contribution is -0.0452. The number of aromatic nitrogens is 1. The van der Waals surface area contributed by atoms with Gasteiger partial charge in [0.05, 0.1) is 16.1 Å². The van der Waals surface area contributed by atoms with Crippen molar-refractivity contribution in [1.82, 2.24) is 15.2 Å². The second-order valence-corrected chi connectivity index (χ2v) is 8.50. The van der Waals surface area contributed by atoms with Crippen molar-refractivity contribution in [2.75, 3.05) is 32.1 Å². The summed E-state index contributed by atoms with van der Waals surface area (Å²) in [7, 11) is 3.31. The van der Waals surface area contributed by atoms with Gasteiger partial charge in [-0.2, -0.15) is 0 Å². The van der Waals surface area contributed by atoms with Crippen LogP contribution in [0.15, 0.2) is 24.3 Å². The molecule has 0 unspecified atom stereocenters. The van der Waals surface area contributed by atoms with E-state index >= 15 is 0 Å². The molecule has 1 aliphatic carbocycles. The number of carbonyl (C=O) groups is 2. The Kier molecular flexibility index (Phi) is 6.99. The van der Waals surface area contributed by atoms with Crippen molar-refractivity contribution < 1.29 is 18.4 Å². The number of benzene rings is 1. The molecule has 0 bridgehead atoms. The Bertz CT molecular complexity index is 973. The maximum absolute atomic E-state index is 13.3. The van der Waals surface area contributed by atoms with Gasteiger partial charge in [-0.25, -0.2) is 18.6 Å². The number of amides is 3. The number of fused-ring (bicyclic) bond motifs is 1. The minimum Gasteiger partial charge on any atom is -0.352 e. The Labute approximate surface area is 185 Å². The second-order valence-electron chi connectivity index (χ2n) is 8.09. The third-order valence-electron chi connectivity index (χ3n) is 5.61. The Morgan fingerprint density at radius 2 is 1.94 bits per heavy atom. The van der Waals surface area contributed by atoms with E-state index in [4.69, 9.17) is 11.6 Å².